The summed E-state index contributed by atoms with van der Waals surface area (Å²) in [6.45, 7) is 4.74. The summed E-state index contributed by atoms with van der Waals surface area (Å²) in [4.78, 5) is 14.4. The second-order valence-corrected chi connectivity index (χ2v) is 14.9. The number of hydrogen-bond acceptors (Lipinski definition) is 3. The summed E-state index contributed by atoms with van der Waals surface area (Å²) in [5.41, 5.74) is 17.3. The molecule has 0 atom stereocenters. The van der Waals surface area contributed by atoms with Gasteiger partial charge in [-0.15, -0.1) is 0 Å². The van der Waals surface area contributed by atoms with Crippen molar-refractivity contribution in [1.82, 2.24) is 15.0 Å². The van der Waals surface area contributed by atoms with Crippen LogP contribution in [0.2, 0.25) is 0 Å². The fraction of sp³-hybridized carbons (Fsp3) is 0.0577. The summed E-state index contributed by atoms with van der Waals surface area (Å²) in [6, 6.07) is 62.8. The Labute approximate surface area is 321 Å². The van der Waals surface area contributed by atoms with Crippen molar-refractivity contribution in [3.63, 3.8) is 0 Å². The van der Waals surface area contributed by atoms with E-state index < -0.39 is 0 Å². The van der Waals surface area contributed by atoms with Crippen molar-refractivity contribution in [3.8, 4) is 78.4 Å². The molecule has 2 aromatic heterocycles. The molecule has 7 aromatic carbocycles. The van der Waals surface area contributed by atoms with Gasteiger partial charge in [0.1, 0.15) is 0 Å². The Morgan fingerprint density at radius 3 is 1.65 bits per heavy atom. The van der Waals surface area contributed by atoms with Crippen molar-refractivity contribution < 1.29 is 0 Å². The molecule has 55 heavy (non-hydrogen) atoms. The first-order valence-corrected chi connectivity index (χ1v) is 18.8. The lowest BCUT2D eigenvalue weighted by molar-refractivity contribution is 0.666. The zero-order chi connectivity index (χ0) is 36.9. The fourth-order valence-electron chi connectivity index (χ4n) is 8.39. The van der Waals surface area contributed by atoms with Gasteiger partial charge in [-0.25, -0.2) is 9.97 Å². The fourth-order valence-corrected chi connectivity index (χ4v) is 8.39. The van der Waals surface area contributed by atoms with Gasteiger partial charge in [0.25, 0.3) is 0 Å². The predicted octanol–water partition coefficient (Wildman–Crippen LogP) is 13.3. The molecular formula is C52H37N3. The highest BCUT2D eigenvalue weighted by Gasteiger charge is 2.38. The smallest absolute Gasteiger partial charge is 0.160 e. The molecule has 0 radical (unpaired) electrons. The summed E-state index contributed by atoms with van der Waals surface area (Å²) in [7, 11) is 0. The molecule has 0 spiro atoms. The molecule has 0 bridgehead atoms. The highest BCUT2D eigenvalue weighted by molar-refractivity contribution is 6.01. The van der Waals surface area contributed by atoms with Crippen molar-refractivity contribution >= 4 is 10.8 Å². The van der Waals surface area contributed by atoms with Gasteiger partial charge < -0.3 is 0 Å². The van der Waals surface area contributed by atoms with Crippen LogP contribution in [0.3, 0.4) is 0 Å². The molecule has 3 nitrogen and oxygen atoms in total. The molecule has 10 rings (SSSR count). The Kier molecular flexibility index (Phi) is 7.81. The second kappa shape index (κ2) is 13.2. The number of fused-ring (bicyclic) bond motifs is 5. The second-order valence-electron chi connectivity index (χ2n) is 14.9. The highest BCUT2D eigenvalue weighted by Crippen LogP contribution is 2.54. The molecule has 0 unspecified atom stereocenters. The van der Waals surface area contributed by atoms with Crippen LogP contribution < -0.4 is 0 Å². The Morgan fingerprint density at radius 2 is 1.00 bits per heavy atom. The van der Waals surface area contributed by atoms with E-state index in [0.717, 1.165) is 44.8 Å². The average Bonchev–Trinajstić information content (AvgIpc) is 3.50. The summed E-state index contributed by atoms with van der Waals surface area (Å²) >= 11 is 0. The first kappa shape index (κ1) is 32.7. The molecule has 1 aliphatic rings. The van der Waals surface area contributed by atoms with Crippen molar-refractivity contribution in [1.29, 1.82) is 0 Å². The number of benzene rings is 7. The maximum atomic E-state index is 5.06. The van der Waals surface area contributed by atoms with Gasteiger partial charge in [-0.05, 0) is 78.5 Å². The first-order valence-electron chi connectivity index (χ1n) is 18.8. The third-order valence-electron chi connectivity index (χ3n) is 11.2. The standard InChI is InChI=1S/C52H37N3/c1-52(2)46-16-8-15-43(49(46)45-30-29-37-10-6-7-14-44(37)50(45)52)38-23-17-34(18-24-38)35-19-25-39(26-20-35)47-32-48(55-51(54-47)41-11-4-3-5-12-41)40-27-21-36(22-28-40)42-13-9-31-53-33-42/h3-33H,1-2H3. The molecule has 0 fully saturated rings. The Balaban J connectivity index is 0.972. The van der Waals surface area contributed by atoms with Crippen LogP contribution in [0.5, 0.6) is 0 Å². The first-order chi connectivity index (χ1) is 27.0. The van der Waals surface area contributed by atoms with E-state index in [1.807, 2.05) is 30.5 Å². The van der Waals surface area contributed by atoms with E-state index in [2.05, 4.69) is 170 Å². The average molecular weight is 704 g/mol. The van der Waals surface area contributed by atoms with E-state index >= 15 is 0 Å². The van der Waals surface area contributed by atoms with Gasteiger partial charge in [0.2, 0.25) is 0 Å². The van der Waals surface area contributed by atoms with Crippen LogP contribution in [0.1, 0.15) is 25.0 Å². The van der Waals surface area contributed by atoms with E-state index in [0.29, 0.717) is 5.82 Å². The predicted molar refractivity (Wildman–Crippen MR) is 228 cm³/mol. The number of pyridine rings is 1. The number of aromatic nitrogens is 3. The summed E-state index contributed by atoms with van der Waals surface area (Å²) in [6.07, 6.45) is 3.68. The third kappa shape index (κ3) is 5.73. The summed E-state index contributed by atoms with van der Waals surface area (Å²) in [5, 5.41) is 2.64. The van der Waals surface area contributed by atoms with Gasteiger partial charge in [-0.2, -0.15) is 0 Å². The van der Waals surface area contributed by atoms with E-state index in [1.165, 1.54) is 49.7 Å². The van der Waals surface area contributed by atoms with Crippen LogP contribution >= 0.6 is 0 Å². The minimum Gasteiger partial charge on any atom is -0.264 e. The molecule has 1 aliphatic carbocycles. The maximum absolute atomic E-state index is 5.06. The van der Waals surface area contributed by atoms with Gasteiger partial charge >= 0.3 is 0 Å². The lowest BCUT2D eigenvalue weighted by Gasteiger charge is -2.23. The van der Waals surface area contributed by atoms with Crippen molar-refractivity contribution in [2.45, 2.75) is 19.3 Å². The Hall–Kier alpha value is -6.97. The van der Waals surface area contributed by atoms with Gasteiger partial charge in [0.05, 0.1) is 11.4 Å². The zero-order valence-electron chi connectivity index (χ0n) is 30.7. The van der Waals surface area contributed by atoms with Crippen LogP contribution in [0.25, 0.3) is 89.2 Å². The molecule has 260 valence electrons. The van der Waals surface area contributed by atoms with Crippen LogP contribution in [0.4, 0.5) is 0 Å². The maximum Gasteiger partial charge on any atom is 0.160 e. The number of rotatable bonds is 6. The minimum absolute atomic E-state index is 0.0829. The molecular weight excluding hydrogens is 667 g/mol. The van der Waals surface area contributed by atoms with E-state index in [9.17, 15) is 0 Å². The molecule has 0 saturated carbocycles. The van der Waals surface area contributed by atoms with E-state index in [-0.39, 0.29) is 5.41 Å². The van der Waals surface area contributed by atoms with Crippen molar-refractivity contribution in [3.05, 3.63) is 199 Å². The quantitative estimate of drug-likeness (QED) is 0.173. The topological polar surface area (TPSA) is 38.7 Å². The summed E-state index contributed by atoms with van der Waals surface area (Å²) < 4.78 is 0. The third-order valence-corrected chi connectivity index (χ3v) is 11.2. The van der Waals surface area contributed by atoms with Crippen LogP contribution in [0.15, 0.2) is 188 Å². The number of hydrogen-bond donors (Lipinski definition) is 0. The molecule has 9 aromatic rings. The van der Waals surface area contributed by atoms with Crippen LogP contribution in [-0.4, -0.2) is 15.0 Å². The SMILES string of the molecule is CC1(C)c2cccc(-c3ccc(-c4ccc(-c5cc(-c6ccc(-c7cccnc7)cc6)nc(-c6ccccc6)n5)cc4)cc3)c2-c2ccc3ccccc3c21. The van der Waals surface area contributed by atoms with Gasteiger partial charge in [-0.1, -0.05) is 178 Å². The van der Waals surface area contributed by atoms with Crippen LogP contribution in [0, 0.1) is 0 Å². The lowest BCUT2D eigenvalue weighted by Crippen LogP contribution is -2.15. The molecule has 2 heterocycles. The van der Waals surface area contributed by atoms with Gasteiger partial charge in [0, 0.05) is 34.5 Å². The van der Waals surface area contributed by atoms with E-state index in [4.69, 9.17) is 9.97 Å². The van der Waals surface area contributed by atoms with E-state index in [1.54, 1.807) is 6.20 Å². The molecule has 0 N–H and O–H groups in total. The van der Waals surface area contributed by atoms with Crippen molar-refractivity contribution in [2.75, 3.05) is 0 Å². The lowest BCUT2D eigenvalue weighted by atomic mass is 9.80. The normalized spacial score (nSPS) is 12.7. The Morgan fingerprint density at radius 1 is 0.418 bits per heavy atom. The van der Waals surface area contributed by atoms with Gasteiger partial charge in [-0.3, -0.25) is 4.98 Å². The highest BCUT2D eigenvalue weighted by atomic mass is 14.9. The van der Waals surface area contributed by atoms with Crippen molar-refractivity contribution in [2.24, 2.45) is 0 Å². The van der Waals surface area contributed by atoms with Gasteiger partial charge in [0.15, 0.2) is 5.82 Å². The molecule has 0 amide bonds. The van der Waals surface area contributed by atoms with Crippen LogP contribution in [-0.2, 0) is 5.41 Å². The molecule has 0 aliphatic heterocycles. The zero-order valence-corrected chi connectivity index (χ0v) is 30.7. The number of nitrogens with zero attached hydrogens (tertiary/aromatic N) is 3. The largest absolute Gasteiger partial charge is 0.264 e. The summed E-state index contributed by atoms with van der Waals surface area (Å²) in [5.74, 6) is 0.704. The molecule has 0 saturated heterocycles. The molecule has 3 heteroatoms. The Bertz CT molecular complexity index is 2840. The minimum atomic E-state index is -0.0829. The monoisotopic (exact) mass is 703 g/mol.